The normalized spacial score (nSPS) is 10.3. The van der Waals surface area contributed by atoms with Crippen molar-refractivity contribution < 1.29 is 4.79 Å². The predicted molar refractivity (Wildman–Crippen MR) is 77.4 cm³/mol. The van der Waals surface area contributed by atoms with Crippen molar-refractivity contribution in [3.63, 3.8) is 0 Å². The van der Waals surface area contributed by atoms with Gasteiger partial charge in [0.05, 0.1) is 6.54 Å². The van der Waals surface area contributed by atoms with Crippen molar-refractivity contribution in [2.24, 2.45) is 0 Å². The number of carbonyl (C=O) groups is 1. The maximum atomic E-state index is 11.9. The third kappa shape index (κ3) is 3.12. The number of anilines is 1. The number of hydrogen-bond donors (Lipinski definition) is 0. The molecule has 0 aliphatic heterocycles. The van der Waals surface area contributed by atoms with Crippen LogP contribution in [0.2, 0.25) is 0 Å². The fourth-order valence-corrected chi connectivity index (χ4v) is 2.52. The Bertz CT molecular complexity index is 507. The summed E-state index contributed by atoms with van der Waals surface area (Å²) in [5.41, 5.74) is 2.06. The van der Waals surface area contributed by atoms with E-state index in [9.17, 15) is 4.79 Å². The van der Waals surface area contributed by atoms with E-state index >= 15 is 0 Å². The van der Waals surface area contributed by atoms with Gasteiger partial charge in [0.25, 0.3) is 0 Å². The minimum Gasteiger partial charge on any atom is -0.306 e. The van der Waals surface area contributed by atoms with Crippen LogP contribution in [-0.4, -0.2) is 11.8 Å². The summed E-state index contributed by atoms with van der Waals surface area (Å²) >= 11 is 7.32. The van der Waals surface area contributed by atoms with Gasteiger partial charge in [-0.1, -0.05) is 23.8 Å². The summed E-state index contributed by atoms with van der Waals surface area (Å²) in [4.78, 5) is 14.8. The predicted octanol–water partition coefficient (Wildman–Crippen LogP) is 3.83. The molecule has 0 aliphatic carbocycles. The molecule has 2 rings (SSSR count). The smallest absolute Gasteiger partial charge is 0.242 e. The topological polar surface area (TPSA) is 20.3 Å². The number of aryl methyl sites for hydroxylation is 1. The molecule has 1 amide bonds. The van der Waals surface area contributed by atoms with Gasteiger partial charge in [0.1, 0.15) is 5.88 Å². The molecule has 0 bridgehead atoms. The summed E-state index contributed by atoms with van der Waals surface area (Å²) in [6.07, 6.45) is 0. The number of benzene rings is 1. The van der Waals surface area contributed by atoms with E-state index in [1.165, 1.54) is 5.56 Å². The van der Waals surface area contributed by atoms with Crippen LogP contribution in [0.3, 0.4) is 0 Å². The van der Waals surface area contributed by atoms with E-state index in [2.05, 4.69) is 0 Å². The van der Waals surface area contributed by atoms with Crippen molar-refractivity contribution >= 4 is 34.5 Å². The third-order valence-electron chi connectivity index (χ3n) is 2.66. The molecule has 0 spiro atoms. The molecule has 2 nitrogen and oxygen atoms in total. The second kappa shape index (κ2) is 6.03. The van der Waals surface area contributed by atoms with Crippen LogP contribution in [0.25, 0.3) is 0 Å². The quantitative estimate of drug-likeness (QED) is 0.779. The molecule has 0 atom stereocenters. The van der Waals surface area contributed by atoms with Crippen molar-refractivity contribution in [3.8, 4) is 0 Å². The van der Waals surface area contributed by atoms with Gasteiger partial charge in [-0.25, -0.2) is 0 Å². The zero-order valence-electron chi connectivity index (χ0n) is 10.1. The summed E-state index contributed by atoms with van der Waals surface area (Å²) < 4.78 is 0. The molecule has 4 heteroatoms. The van der Waals surface area contributed by atoms with Gasteiger partial charge in [-0.05, 0) is 30.5 Å². The van der Waals surface area contributed by atoms with E-state index < -0.39 is 0 Å². The average molecular weight is 280 g/mol. The molecule has 18 heavy (non-hydrogen) atoms. The molecule has 0 fully saturated rings. The van der Waals surface area contributed by atoms with Crippen molar-refractivity contribution in [1.82, 2.24) is 0 Å². The van der Waals surface area contributed by atoms with Crippen molar-refractivity contribution in [2.75, 3.05) is 10.8 Å². The van der Waals surface area contributed by atoms with Crippen LogP contribution < -0.4 is 4.90 Å². The van der Waals surface area contributed by atoms with E-state index in [0.29, 0.717) is 6.54 Å². The van der Waals surface area contributed by atoms with Gasteiger partial charge < -0.3 is 4.90 Å². The lowest BCUT2D eigenvalue weighted by atomic mass is 10.2. The Kier molecular flexibility index (Phi) is 4.39. The van der Waals surface area contributed by atoms with Crippen LogP contribution >= 0.6 is 22.9 Å². The first-order chi connectivity index (χ1) is 8.70. The summed E-state index contributed by atoms with van der Waals surface area (Å²) in [6.45, 7) is 2.60. The number of rotatable bonds is 4. The molecule has 1 heterocycles. The first-order valence-electron chi connectivity index (χ1n) is 5.66. The van der Waals surface area contributed by atoms with Gasteiger partial charge >= 0.3 is 0 Å². The Morgan fingerprint density at radius 2 is 2.00 bits per heavy atom. The molecule has 0 saturated carbocycles. The number of halogens is 1. The summed E-state index contributed by atoms with van der Waals surface area (Å²) in [7, 11) is 0. The standard InChI is InChI=1S/C14H14ClNOS/c1-11-4-6-12(7-5-11)16(14(17)9-15)10-13-3-2-8-18-13/h2-8H,9-10H2,1H3. The first-order valence-corrected chi connectivity index (χ1v) is 7.07. The zero-order valence-corrected chi connectivity index (χ0v) is 11.7. The summed E-state index contributed by atoms with van der Waals surface area (Å²) in [5.74, 6) is -0.0758. The molecule has 1 aromatic heterocycles. The number of hydrogen-bond acceptors (Lipinski definition) is 2. The van der Waals surface area contributed by atoms with Crippen LogP contribution in [-0.2, 0) is 11.3 Å². The lowest BCUT2D eigenvalue weighted by Gasteiger charge is -2.21. The van der Waals surface area contributed by atoms with Crippen LogP contribution in [0.1, 0.15) is 10.4 Å². The van der Waals surface area contributed by atoms with Crippen molar-refractivity contribution in [3.05, 3.63) is 52.2 Å². The highest BCUT2D eigenvalue weighted by molar-refractivity contribution is 7.09. The van der Waals surface area contributed by atoms with Gasteiger partial charge in [-0.15, -0.1) is 22.9 Å². The van der Waals surface area contributed by atoms with Gasteiger partial charge in [0, 0.05) is 10.6 Å². The molecule has 0 unspecified atom stereocenters. The van der Waals surface area contributed by atoms with Crippen molar-refractivity contribution in [1.29, 1.82) is 0 Å². The van der Waals surface area contributed by atoms with Crippen LogP contribution in [0.5, 0.6) is 0 Å². The Balaban J connectivity index is 2.25. The highest BCUT2D eigenvalue weighted by Crippen LogP contribution is 2.20. The molecular formula is C14H14ClNOS. The Morgan fingerprint density at radius 3 is 2.56 bits per heavy atom. The fourth-order valence-electron chi connectivity index (χ4n) is 1.68. The van der Waals surface area contributed by atoms with E-state index in [-0.39, 0.29) is 11.8 Å². The largest absolute Gasteiger partial charge is 0.306 e. The highest BCUT2D eigenvalue weighted by Gasteiger charge is 2.15. The maximum Gasteiger partial charge on any atom is 0.242 e. The van der Waals surface area contributed by atoms with Crippen LogP contribution in [0, 0.1) is 6.92 Å². The lowest BCUT2D eigenvalue weighted by molar-refractivity contribution is -0.116. The molecule has 0 aliphatic rings. The molecule has 0 N–H and O–H groups in total. The number of alkyl halides is 1. The molecule has 2 aromatic rings. The van der Waals surface area contributed by atoms with E-state index in [4.69, 9.17) is 11.6 Å². The Labute approximate surface area is 116 Å². The number of nitrogens with zero attached hydrogens (tertiary/aromatic N) is 1. The lowest BCUT2D eigenvalue weighted by Crippen LogP contribution is -2.30. The minimum absolute atomic E-state index is 0.000742. The second-order valence-electron chi connectivity index (χ2n) is 4.03. The number of amides is 1. The molecular weight excluding hydrogens is 266 g/mol. The average Bonchev–Trinajstić information content (AvgIpc) is 2.89. The molecule has 0 saturated heterocycles. The van der Waals surface area contributed by atoms with E-state index in [1.807, 2.05) is 48.7 Å². The van der Waals surface area contributed by atoms with Gasteiger partial charge in [0.2, 0.25) is 5.91 Å². The molecule has 94 valence electrons. The number of thiophene rings is 1. The maximum absolute atomic E-state index is 11.9. The SMILES string of the molecule is Cc1ccc(N(Cc2cccs2)C(=O)CCl)cc1. The second-order valence-corrected chi connectivity index (χ2v) is 5.33. The third-order valence-corrected chi connectivity index (χ3v) is 3.74. The van der Waals surface area contributed by atoms with E-state index in [0.717, 1.165) is 10.6 Å². The van der Waals surface area contributed by atoms with Crippen LogP contribution in [0.15, 0.2) is 41.8 Å². The van der Waals surface area contributed by atoms with Gasteiger partial charge in [0.15, 0.2) is 0 Å². The number of carbonyl (C=O) groups excluding carboxylic acids is 1. The zero-order chi connectivity index (χ0) is 13.0. The molecule has 0 radical (unpaired) electrons. The monoisotopic (exact) mass is 279 g/mol. The summed E-state index contributed by atoms with van der Waals surface area (Å²) in [6, 6.07) is 11.9. The van der Waals surface area contributed by atoms with Crippen molar-refractivity contribution in [2.45, 2.75) is 13.5 Å². The summed E-state index contributed by atoms with van der Waals surface area (Å²) in [5, 5.41) is 2.01. The van der Waals surface area contributed by atoms with Crippen LogP contribution in [0.4, 0.5) is 5.69 Å². The fraction of sp³-hybridized carbons (Fsp3) is 0.214. The Morgan fingerprint density at radius 1 is 1.28 bits per heavy atom. The molecule has 1 aromatic carbocycles. The first kappa shape index (κ1) is 13.1. The highest BCUT2D eigenvalue weighted by atomic mass is 35.5. The van der Waals surface area contributed by atoms with Gasteiger partial charge in [-0.2, -0.15) is 0 Å². The minimum atomic E-state index is -0.0751. The van der Waals surface area contributed by atoms with Gasteiger partial charge in [-0.3, -0.25) is 4.79 Å². The van der Waals surface area contributed by atoms with E-state index in [1.54, 1.807) is 16.2 Å². The Hall–Kier alpha value is -1.32.